The molecule has 0 aromatic heterocycles. The number of rotatable bonds is 1. The molecule has 4 aliphatic carbocycles. The van der Waals surface area contributed by atoms with Crippen LogP contribution < -0.4 is 0 Å². The summed E-state index contributed by atoms with van der Waals surface area (Å²) in [6.07, 6.45) is 14.3. The highest BCUT2D eigenvalue weighted by Gasteiger charge is 2.65. The summed E-state index contributed by atoms with van der Waals surface area (Å²) < 4.78 is 0. The Morgan fingerprint density at radius 3 is 2.28 bits per heavy atom. The SMILES string of the molecule is CC(C)[C@@H]1CC[C@]2(C)C1=CC[C@@H]1[C@@]3(C)CCCC(C)(C)[C@@H]3CC[C@]12C. The van der Waals surface area contributed by atoms with E-state index in [-0.39, 0.29) is 0 Å². The fourth-order valence-corrected chi connectivity index (χ4v) is 8.92. The first-order valence-corrected chi connectivity index (χ1v) is 11.3. The first-order valence-electron chi connectivity index (χ1n) is 11.3. The van der Waals surface area contributed by atoms with Crippen molar-refractivity contribution in [3.63, 3.8) is 0 Å². The number of hydrogen-bond donors (Lipinski definition) is 0. The first-order chi connectivity index (χ1) is 11.6. The molecule has 6 atom stereocenters. The molecule has 0 heterocycles. The standard InChI is InChI=1S/C25H42/c1-17(2)18-11-15-24(6)19(18)9-10-21-23(5)14-8-13-22(3,4)20(23)12-16-25(21,24)7/h9,17-18,20-21H,8,10-16H2,1-7H3/t18-,20-,21+,23-,24+,25+/m0/s1. The van der Waals surface area contributed by atoms with Crippen molar-refractivity contribution in [2.24, 2.45) is 45.3 Å². The zero-order valence-corrected chi connectivity index (χ0v) is 18.0. The van der Waals surface area contributed by atoms with Crippen LogP contribution in [0.1, 0.15) is 99.8 Å². The Morgan fingerprint density at radius 1 is 0.880 bits per heavy atom. The molecule has 0 N–H and O–H groups in total. The predicted octanol–water partition coefficient (Wildman–Crippen LogP) is 7.64. The van der Waals surface area contributed by atoms with Crippen molar-refractivity contribution in [2.75, 3.05) is 0 Å². The molecule has 0 saturated heterocycles. The van der Waals surface area contributed by atoms with Gasteiger partial charge in [-0.15, -0.1) is 0 Å². The Morgan fingerprint density at radius 2 is 1.60 bits per heavy atom. The van der Waals surface area contributed by atoms with Gasteiger partial charge in [0.25, 0.3) is 0 Å². The molecule has 25 heavy (non-hydrogen) atoms. The minimum Gasteiger partial charge on any atom is -0.0842 e. The van der Waals surface area contributed by atoms with Gasteiger partial charge in [-0.3, -0.25) is 0 Å². The molecule has 0 nitrogen and oxygen atoms in total. The summed E-state index contributed by atoms with van der Waals surface area (Å²) in [6.45, 7) is 18.2. The highest BCUT2D eigenvalue weighted by molar-refractivity contribution is 5.32. The average molecular weight is 343 g/mol. The minimum absolute atomic E-state index is 0.473. The van der Waals surface area contributed by atoms with E-state index in [0.29, 0.717) is 21.7 Å². The number of fused-ring (bicyclic) bond motifs is 5. The molecule has 0 radical (unpaired) electrons. The van der Waals surface area contributed by atoms with Crippen molar-refractivity contribution < 1.29 is 0 Å². The summed E-state index contributed by atoms with van der Waals surface area (Å²) in [5.41, 5.74) is 3.99. The van der Waals surface area contributed by atoms with E-state index in [2.05, 4.69) is 54.5 Å². The minimum atomic E-state index is 0.473. The molecule has 4 aliphatic rings. The third-order valence-electron chi connectivity index (χ3n) is 10.4. The first kappa shape index (κ1) is 18.1. The van der Waals surface area contributed by atoms with Gasteiger partial charge in [-0.2, -0.15) is 0 Å². The van der Waals surface area contributed by atoms with Gasteiger partial charge in [-0.05, 0) is 90.3 Å². The van der Waals surface area contributed by atoms with Gasteiger partial charge in [0.15, 0.2) is 0 Å². The van der Waals surface area contributed by atoms with Gasteiger partial charge in [-0.1, -0.05) is 66.5 Å². The Balaban J connectivity index is 1.77. The molecule has 0 aromatic carbocycles. The summed E-state index contributed by atoms with van der Waals surface area (Å²) in [7, 11) is 0. The highest BCUT2D eigenvalue weighted by Crippen LogP contribution is 2.74. The summed E-state index contributed by atoms with van der Waals surface area (Å²) in [5.74, 6) is 3.51. The maximum absolute atomic E-state index is 2.76. The van der Waals surface area contributed by atoms with Gasteiger partial charge in [0.1, 0.15) is 0 Å². The van der Waals surface area contributed by atoms with Crippen LogP contribution in [-0.2, 0) is 0 Å². The zero-order valence-electron chi connectivity index (χ0n) is 18.0. The van der Waals surface area contributed by atoms with Gasteiger partial charge in [-0.25, -0.2) is 0 Å². The van der Waals surface area contributed by atoms with Crippen LogP contribution in [0.25, 0.3) is 0 Å². The van der Waals surface area contributed by atoms with Gasteiger partial charge < -0.3 is 0 Å². The van der Waals surface area contributed by atoms with Crippen LogP contribution in [0, 0.1) is 45.3 Å². The maximum Gasteiger partial charge on any atom is -0.00566 e. The molecule has 0 aromatic rings. The molecular formula is C25H42. The van der Waals surface area contributed by atoms with Crippen molar-refractivity contribution in [2.45, 2.75) is 99.8 Å². The smallest absolute Gasteiger partial charge is 0.00566 e. The zero-order chi connectivity index (χ0) is 18.3. The van der Waals surface area contributed by atoms with Crippen LogP contribution >= 0.6 is 0 Å². The molecule has 0 heteroatoms. The second-order valence-corrected chi connectivity index (χ2v) is 12.0. The van der Waals surface area contributed by atoms with E-state index >= 15 is 0 Å². The lowest BCUT2D eigenvalue weighted by atomic mass is 9.37. The van der Waals surface area contributed by atoms with Crippen LogP contribution in [0.4, 0.5) is 0 Å². The summed E-state index contributed by atoms with van der Waals surface area (Å²) in [6, 6.07) is 0. The van der Waals surface area contributed by atoms with Crippen LogP contribution in [-0.4, -0.2) is 0 Å². The molecule has 142 valence electrons. The van der Waals surface area contributed by atoms with Gasteiger partial charge in [0, 0.05) is 0 Å². The Hall–Kier alpha value is -0.260. The Labute approximate surface area is 157 Å². The lowest BCUT2D eigenvalue weighted by molar-refractivity contribution is -0.164. The van der Waals surface area contributed by atoms with E-state index in [1.807, 2.05) is 5.57 Å². The second-order valence-electron chi connectivity index (χ2n) is 12.0. The highest BCUT2D eigenvalue weighted by atomic mass is 14.7. The molecule has 0 bridgehead atoms. The van der Waals surface area contributed by atoms with Crippen molar-refractivity contribution in [1.29, 1.82) is 0 Å². The fourth-order valence-electron chi connectivity index (χ4n) is 8.92. The molecule has 0 amide bonds. The van der Waals surface area contributed by atoms with Crippen molar-refractivity contribution in [3.05, 3.63) is 11.6 Å². The molecule has 4 rings (SSSR count). The topological polar surface area (TPSA) is 0 Å². The number of hydrogen-bond acceptors (Lipinski definition) is 0. The van der Waals surface area contributed by atoms with Crippen LogP contribution in [0.15, 0.2) is 11.6 Å². The second kappa shape index (κ2) is 5.39. The average Bonchev–Trinajstić information content (AvgIpc) is 2.85. The van der Waals surface area contributed by atoms with Crippen LogP contribution in [0.3, 0.4) is 0 Å². The van der Waals surface area contributed by atoms with Crippen molar-refractivity contribution in [1.82, 2.24) is 0 Å². The third kappa shape index (κ3) is 2.18. The van der Waals surface area contributed by atoms with E-state index < -0.39 is 0 Å². The molecule has 0 unspecified atom stereocenters. The Bertz CT molecular complexity index is 581. The Kier molecular flexibility index (Phi) is 3.90. The van der Waals surface area contributed by atoms with Crippen molar-refractivity contribution >= 4 is 0 Å². The molecule has 0 spiro atoms. The summed E-state index contributed by atoms with van der Waals surface area (Å²) >= 11 is 0. The molecule has 3 fully saturated rings. The lowest BCUT2D eigenvalue weighted by Crippen LogP contribution is -2.60. The third-order valence-corrected chi connectivity index (χ3v) is 10.4. The van der Waals surface area contributed by atoms with E-state index in [0.717, 1.165) is 23.7 Å². The van der Waals surface area contributed by atoms with E-state index in [9.17, 15) is 0 Å². The largest absolute Gasteiger partial charge is 0.0842 e. The molecule has 0 aliphatic heterocycles. The van der Waals surface area contributed by atoms with Crippen LogP contribution in [0.2, 0.25) is 0 Å². The van der Waals surface area contributed by atoms with Crippen LogP contribution in [0.5, 0.6) is 0 Å². The van der Waals surface area contributed by atoms with Gasteiger partial charge in [0.2, 0.25) is 0 Å². The van der Waals surface area contributed by atoms with Gasteiger partial charge in [0.05, 0.1) is 0 Å². The normalized spacial score (nSPS) is 51.5. The fraction of sp³-hybridized carbons (Fsp3) is 0.920. The van der Waals surface area contributed by atoms with Crippen molar-refractivity contribution in [3.8, 4) is 0 Å². The van der Waals surface area contributed by atoms with Gasteiger partial charge >= 0.3 is 0 Å². The number of allylic oxidation sites excluding steroid dienone is 2. The molecule has 3 saturated carbocycles. The predicted molar refractivity (Wildman–Crippen MR) is 108 cm³/mol. The lowest BCUT2D eigenvalue weighted by Gasteiger charge is -2.67. The van der Waals surface area contributed by atoms with E-state index in [1.165, 1.54) is 51.4 Å². The van der Waals surface area contributed by atoms with E-state index in [1.54, 1.807) is 0 Å². The monoisotopic (exact) mass is 342 g/mol. The quantitative estimate of drug-likeness (QED) is 0.429. The summed E-state index contributed by atoms with van der Waals surface area (Å²) in [5, 5.41) is 0. The summed E-state index contributed by atoms with van der Waals surface area (Å²) in [4.78, 5) is 0. The maximum atomic E-state index is 2.76. The van der Waals surface area contributed by atoms with E-state index in [4.69, 9.17) is 0 Å². The molecular weight excluding hydrogens is 300 g/mol.